The van der Waals surface area contributed by atoms with E-state index in [-0.39, 0.29) is 38.6 Å². The second kappa shape index (κ2) is 22.1. The third-order valence-electron chi connectivity index (χ3n) is 14.2. The number of para-hydroxylation sites is 4. The molecule has 0 amide bonds. The number of rotatable bonds is 14. The topological polar surface area (TPSA) is 71.7 Å². The lowest BCUT2D eigenvalue weighted by molar-refractivity contribution is 0.396. The number of anilines is 6. The number of benzene rings is 8. The smallest absolute Gasteiger partial charge is 0.124 e. The Morgan fingerprint density at radius 2 is 0.597 bits per heavy atom. The van der Waals surface area contributed by atoms with Gasteiger partial charge in [-0.1, -0.05) is 182 Å². The molecule has 0 bridgehead atoms. The molecule has 8 aromatic carbocycles. The lowest BCUT2D eigenvalue weighted by Gasteiger charge is -2.34. The summed E-state index contributed by atoms with van der Waals surface area (Å²) in [6, 6.07) is 63.5. The first kappa shape index (κ1) is 55.5. The summed E-state index contributed by atoms with van der Waals surface area (Å²) >= 11 is 0. The largest absolute Gasteiger partial charge is 0.507 e. The summed E-state index contributed by atoms with van der Waals surface area (Å²) in [6.45, 7) is 32.4. The fourth-order valence-corrected chi connectivity index (χ4v) is 10.2. The monoisotopic (exact) mass is 1020 g/mol. The number of aromatic hydroxyl groups is 2. The van der Waals surface area contributed by atoms with Gasteiger partial charge in [-0.25, -0.2) is 0 Å². The Kier molecular flexibility index (Phi) is 15.9. The van der Waals surface area contributed by atoms with Gasteiger partial charge >= 0.3 is 0 Å². The summed E-state index contributed by atoms with van der Waals surface area (Å²) in [7, 11) is 0. The Morgan fingerprint density at radius 1 is 0.338 bits per heavy atom. The molecule has 0 radical (unpaired) electrons. The maximum Gasteiger partial charge on any atom is 0.124 e. The molecule has 6 nitrogen and oxygen atoms in total. The van der Waals surface area contributed by atoms with Crippen LogP contribution in [0.5, 0.6) is 11.5 Å². The summed E-state index contributed by atoms with van der Waals surface area (Å²) < 4.78 is 0. The molecule has 0 atom stereocenters. The molecule has 0 aliphatic carbocycles. The highest BCUT2D eigenvalue weighted by atomic mass is 16.3. The molecule has 396 valence electrons. The first-order valence-corrected chi connectivity index (χ1v) is 27.2. The van der Waals surface area contributed by atoms with Crippen molar-refractivity contribution in [3.8, 4) is 33.8 Å². The lowest BCUT2D eigenvalue weighted by Crippen LogP contribution is -2.21. The standard InChI is InChI=1S/C71H80N4O2/c1-67(2,3)59-41-57(74(53-27-19-15-20-28-53)54-29-21-16-22-30-54)42-60(68(4,5)6)65(59)49-35-37-51(63(76)39-49)45-72-47-71(13,14)48-73-46-52-38-36-50(40-64(52)77)66-61(69(7,8)9)43-58(44-62(66)70(10,11)12)75(55-31-23-17-24-32-55)56-33-25-18-26-34-56/h15-46,76-77H,47-48H2,1-14H3. The van der Waals surface area contributed by atoms with Crippen LogP contribution in [0.15, 0.2) is 192 Å². The van der Waals surface area contributed by atoms with Crippen molar-refractivity contribution in [2.45, 2.75) is 119 Å². The molecule has 2 N–H and O–H groups in total. The Morgan fingerprint density at radius 3 is 0.831 bits per heavy atom. The van der Waals surface area contributed by atoms with Crippen molar-refractivity contribution in [3.05, 3.63) is 215 Å². The van der Waals surface area contributed by atoms with Gasteiger partial charge in [0.05, 0.1) is 0 Å². The Labute approximate surface area is 460 Å². The normalized spacial score (nSPS) is 12.6. The zero-order chi connectivity index (χ0) is 55.5. The average Bonchev–Trinajstić information content (AvgIpc) is 3.51. The van der Waals surface area contributed by atoms with Crippen LogP contribution in [-0.4, -0.2) is 35.7 Å². The fourth-order valence-electron chi connectivity index (χ4n) is 10.2. The van der Waals surface area contributed by atoms with Crippen molar-refractivity contribution in [1.29, 1.82) is 0 Å². The zero-order valence-electron chi connectivity index (χ0n) is 48.1. The minimum Gasteiger partial charge on any atom is -0.507 e. The van der Waals surface area contributed by atoms with E-state index in [1.165, 1.54) is 22.3 Å². The molecule has 0 fully saturated rings. The van der Waals surface area contributed by atoms with E-state index in [4.69, 9.17) is 9.98 Å². The minimum absolute atomic E-state index is 0.182. The summed E-state index contributed by atoms with van der Waals surface area (Å²) in [5, 5.41) is 23.4. The molecule has 0 unspecified atom stereocenters. The van der Waals surface area contributed by atoms with Crippen LogP contribution < -0.4 is 9.80 Å². The van der Waals surface area contributed by atoms with Gasteiger partial charge in [-0.3, -0.25) is 9.98 Å². The second-order valence-electron chi connectivity index (χ2n) is 25.5. The van der Waals surface area contributed by atoms with Gasteiger partial charge in [0.15, 0.2) is 0 Å². The first-order chi connectivity index (χ1) is 36.3. The van der Waals surface area contributed by atoms with E-state index in [1.54, 1.807) is 12.4 Å². The highest BCUT2D eigenvalue weighted by molar-refractivity contribution is 5.90. The summed E-state index contributed by atoms with van der Waals surface area (Å²) in [4.78, 5) is 14.4. The van der Waals surface area contributed by atoms with E-state index >= 15 is 0 Å². The molecule has 8 rings (SSSR count). The predicted molar refractivity (Wildman–Crippen MR) is 330 cm³/mol. The van der Waals surface area contributed by atoms with Crippen molar-refractivity contribution in [1.82, 2.24) is 0 Å². The van der Waals surface area contributed by atoms with Crippen molar-refractivity contribution >= 4 is 46.6 Å². The van der Waals surface area contributed by atoms with E-state index < -0.39 is 0 Å². The Bertz CT molecular complexity index is 2990. The van der Waals surface area contributed by atoms with Crippen LogP contribution in [0.2, 0.25) is 0 Å². The maximum atomic E-state index is 11.7. The number of phenolic OH excluding ortho intramolecular Hbond substituents is 2. The van der Waals surface area contributed by atoms with Crippen LogP contribution in [0.1, 0.15) is 130 Å². The fraction of sp³-hybridized carbons (Fsp3) is 0.296. The number of phenols is 2. The zero-order valence-corrected chi connectivity index (χ0v) is 48.1. The highest BCUT2D eigenvalue weighted by Crippen LogP contribution is 2.49. The molecule has 0 aliphatic heterocycles. The molecule has 8 aromatic rings. The lowest BCUT2D eigenvalue weighted by atomic mass is 9.73. The molecule has 0 aromatic heterocycles. The number of aliphatic imine (C=N–C) groups is 2. The molecule has 0 saturated carbocycles. The van der Waals surface area contributed by atoms with E-state index in [1.807, 2.05) is 24.3 Å². The number of hydrogen-bond donors (Lipinski definition) is 2. The molecule has 6 heteroatoms. The Hall–Kier alpha value is -7.70. The summed E-state index contributed by atoms with van der Waals surface area (Å²) in [6.07, 6.45) is 3.55. The summed E-state index contributed by atoms with van der Waals surface area (Å²) in [5.74, 6) is 0.364. The van der Waals surface area contributed by atoms with E-state index in [0.717, 1.165) is 56.4 Å². The van der Waals surface area contributed by atoms with Gasteiger partial charge in [0.2, 0.25) is 0 Å². The predicted octanol–water partition coefficient (Wildman–Crippen LogP) is 19.1. The van der Waals surface area contributed by atoms with E-state index in [0.29, 0.717) is 24.2 Å². The van der Waals surface area contributed by atoms with Gasteiger partial charge in [0.1, 0.15) is 11.5 Å². The van der Waals surface area contributed by atoms with Crippen molar-refractivity contribution < 1.29 is 10.2 Å². The molecular weight excluding hydrogens is 941 g/mol. The van der Waals surface area contributed by atoms with Crippen LogP contribution in [0.3, 0.4) is 0 Å². The molecule has 0 saturated heterocycles. The molecule has 77 heavy (non-hydrogen) atoms. The Balaban J connectivity index is 1.03. The third kappa shape index (κ3) is 12.9. The van der Waals surface area contributed by atoms with Crippen LogP contribution in [0.4, 0.5) is 34.1 Å². The molecular formula is C71H80N4O2. The van der Waals surface area contributed by atoms with Gasteiger partial charge in [0, 0.05) is 76.2 Å². The van der Waals surface area contributed by atoms with Crippen LogP contribution in [-0.2, 0) is 21.7 Å². The average molecular weight is 1020 g/mol. The maximum absolute atomic E-state index is 11.7. The van der Waals surface area contributed by atoms with Gasteiger partial charge in [-0.2, -0.15) is 0 Å². The van der Waals surface area contributed by atoms with Crippen LogP contribution in [0, 0.1) is 5.41 Å². The van der Waals surface area contributed by atoms with Crippen LogP contribution in [0.25, 0.3) is 22.3 Å². The SMILES string of the molecule is CC(C)(CN=Cc1ccc(-c2c(C(C)(C)C)cc(N(c3ccccc3)c3ccccc3)cc2C(C)(C)C)cc1O)CN=Cc1ccc(-c2c(C(C)(C)C)cc(N(c3ccccc3)c3ccccc3)cc2C(C)(C)C)cc1O. The third-order valence-corrected chi connectivity index (χ3v) is 14.2. The van der Waals surface area contributed by atoms with Gasteiger partial charge in [0.25, 0.3) is 0 Å². The second-order valence-corrected chi connectivity index (χ2v) is 25.5. The highest BCUT2D eigenvalue weighted by Gasteiger charge is 2.32. The van der Waals surface area contributed by atoms with Crippen molar-refractivity contribution in [2.75, 3.05) is 22.9 Å². The van der Waals surface area contributed by atoms with Crippen molar-refractivity contribution in [2.24, 2.45) is 15.4 Å². The number of nitrogens with zero attached hydrogens (tertiary/aromatic N) is 4. The quantitative estimate of drug-likeness (QED) is 0.106. The van der Waals surface area contributed by atoms with Gasteiger partial charge in [-0.15, -0.1) is 0 Å². The number of hydrogen-bond acceptors (Lipinski definition) is 6. The minimum atomic E-state index is -0.297. The first-order valence-electron chi connectivity index (χ1n) is 27.2. The van der Waals surface area contributed by atoms with Crippen LogP contribution >= 0.6 is 0 Å². The molecule has 0 aliphatic rings. The molecule has 0 spiro atoms. The van der Waals surface area contributed by atoms with Crippen molar-refractivity contribution in [3.63, 3.8) is 0 Å². The molecule has 0 heterocycles. The van der Waals surface area contributed by atoms with Gasteiger partial charge in [-0.05, 0) is 163 Å². The summed E-state index contributed by atoms with van der Waals surface area (Å²) in [5.41, 5.74) is 15.7. The van der Waals surface area contributed by atoms with E-state index in [2.05, 4.69) is 264 Å². The van der Waals surface area contributed by atoms with Gasteiger partial charge < -0.3 is 20.0 Å². The van der Waals surface area contributed by atoms with E-state index in [9.17, 15) is 10.2 Å².